The van der Waals surface area contributed by atoms with Crippen LogP contribution in [0.5, 0.6) is 17.2 Å². The summed E-state index contributed by atoms with van der Waals surface area (Å²) in [5.74, 6) is 1.25. The molecule has 8 heteroatoms. The predicted molar refractivity (Wildman–Crippen MR) is 108 cm³/mol. The molecule has 1 saturated heterocycles. The summed E-state index contributed by atoms with van der Waals surface area (Å²) in [6.45, 7) is 2.03. The Morgan fingerprint density at radius 2 is 1.77 bits per heavy atom. The Bertz CT molecular complexity index is 964. The average Bonchev–Trinajstić information content (AvgIpc) is 3.26. The van der Waals surface area contributed by atoms with Crippen LogP contribution in [0.2, 0.25) is 0 Å². The van der Waals surface area contributed by atoms with E-state index >= 15 is 0 Å². The third-order valence-corrected chi connectivity index (χ3v) is 4.84. The summed E-state index contributed by atoms with van der Waals surface area (Å²) in [6, 6.07) is 12.0. The SMILES string of the molecule is COc1ccc(C(=O)NC(=Cc2ccc3c(c2)OCO3)C(=O)N2CCOCC2)cc1. The van der Waals surface area contributed by atoms with Crippen LogP contribution in [-0.4, -0.2) is 56.9 Å². The van der Waals surface area contributed by atoms with Gasteiger partial charge in [0.05, 0.1) is 20.3 Å². The third kappa shape index (κ3) is 4.38. The molecule has 1 N–H and O–H groups in total. The van der Waals surface area contributed by atoms with Gasteiger partial charge in [0.15, 0.2) is 11.5 Å². The molecule has 0 aliphatic carbocycles. The summed E-state index contributed by atoms with van der Waals surface area (Å²) < 4.78 is 21.2. The Hall–Kier alpha value is -3.52. The smallest absolute Gasteiger partial charge is 0.270 e. The van der Waals surface area contributed by atoms with Gasteiger partial charge in [0.1, 0.15) is 11.4 Å². The van der Waals surface area contributed by atoms with E-state index in [0.29, 0.717) is 54.7 Å². The topological polar surface area (TPSA) is 86.3 Å². The number of hydrogen-bond donors (Lipinski definition) is 1. The zero-order valence-electron chi connectivity index (χ0n) is 16.6. The normalized spacial score (nSPS) is 15.6. The highest BCUT2D eigenvalue weighted by atomic mass is 16.7. The number of methoxy groups -OCH3 is 1. The fourth-order valence-electron chi connectivity index (χ4n) is 3.19. The summed E-state index contributed by atoms with van der Waals surface area (Å²) in [4.78, 5) is 27.6. The molecule has 156 valence electrons. The number of amides is 2. The summed E-state index contributed by atoms with van der Waals surface area (Å²) >= 11 is 0. The fraction of sp³-hybridized carbons (Fsp3) is 0.273. The molecule has 0 unspecified atom stereocenters. The Kier molecular flexibility index (Phi) is 5.85. The van der Waals surface area contributed by atoms with E-state index in [0.717, 1.165) is 0 Å². The van der Waals surface area contributed by atoms with Crippen LogP contribution in [0.1, 0.15) is 15.9 Å². The maximum absolute atomic E-state index is 13.1. The van der Waals surface area contributed by atoms with Crippen LogP contribution in [-0.2, 0) is 9.53 Å². The van der Waals surface area contributed by atoms with E-state index in [1.54, 1.807) is 60.6 Å². The number of benzene rings is 2. The molecule has 2 amide bonds. The van der Waals surface area contributed by atoms with Gasteiger partial charge >= 0.3 is 0 Å². The standard InChI is InChI=1S/C22H22N2O6/c1-27-17-5-3-16(4-6-17)21(25)23-18(22(26)24-8-10-28-11-9-24)12-15-2-7-19-20(13-15)30-14-29-19/h2-7,12-13H,8-11,14H2,1H3,(H,23,25). The minimum Gasteiger partial charge on any atom is -0.497 e. The van der Waals surface area contributed by atoms with Crippen LogP contribution in [0.15, 0.2) is 48.2 Å². The number of hydrogen-bond acceptors (Lipinski definition) is 6. The van der Waals surface area contributed by atoms with Crippen LogP contribution >= 0.6 is 0 Å². The van der Waals surface area contributed by atoms with Gasteiger partial charge in [0, 0.05) is 18.7 Å². The lowest BCUT2D eigenvalue weighted by atomic mass is 10.1. The maximum atomic E-state index is 13.1. The zero-order chi connectivity index (χ0) is 20.9. The Morgan fingerprint density at radius 3 is 2.50 bits per heavy atom. The van der Waals surface area contributed by atoms with Crippen LogP contribution in [0.25, 0.3) is 6.08 Å². The second-order valence-corrected chi connectivity index (χ2v) is 6.76. The van der Waals surface area contributed by atoms with Crippen molar-refractivity contribution in [1.29, 1.82) is 0 Å². The van der Waals surface area contributed by atoms with Gasteiger partial charge < -0.3 is 29.2 Å². The summed E-state index contributed by atoms with van der Waals surface area (Å²) in [6.07, 6.45) is 1.64. The quantitative estimate of drug-likeness (QED) is 0.760. The predicted octanol–water partition coefficient (Wildman–Crippen LogP) is 2.05. The summed E-state index contributed by atoms with van der Waals surface area (Å²) in [5.41, 5.74) is 1.31. The van der Waals surface area contributed by atoms with Crippen LogP contribution in [0, 0.1) is 0 Å². The second kappa shape index (κ2) is 8.87. The first-order chi connectivity index (χ1) is 14.6. The molecule has 0 saturated carbocycles. The maximum Gasteiger partial charge on any atom is 0.270 e. The van der Waals surface area contributed by atoms with E-state index in [-0.39, 0.29) is 24.3 Å². The first kappa shape index (κ1) is 19.8. The van der Waals surface area contributed by atoms with Gasteiger partial charge in [0.2, 0.25) is 6.79 Å². The van der Waals surface area contributed by atoms with Gasteiger partial charge in [-0.2, -0.15) is 0 Å². The summed E-state index contributed by atoms with van der Waals surface area (Å²) in [7, 11) is 1.56. The lowest BCUT2D eigenvalue weighted by Crippen LogP contribution is -2.44. The lowest BCUT2D eigenvalue weighted by molar-refractivity contribution is -0.131. The van der Waals surface area contributed by atoms with E-state index in [1.807, 2.05) is 0 Å². The molecule has 4 rings (SSSR count). The molecule has 0 bridgehead atoms. The van der Waals surface area contributed by atoms with Crippen LogP contribution in [0.3, 0.4) is 0 Å². The van der Waals surface area contributed by atoms with E-state index in [4.69, 9.17) is 18.9 Å². The summed E-state index contributed by atoms with van der Waals surface area (Å²) in [5, 5.41) is 2.76. The number of ether oxygens (including phenoxy) is 4. The molecule has 0 spiro atoms. The zero-order valence-corrected chi connectivity index (χ0v) is 16.6. The van der Waals surface area contributed by atoms with Gasteiger partial charge in [-0.1, -0.05) is 6.07 Å². The monoisotopic (exact) mass is 410 g/mol. The van der Waals surface area contributed by atoms with Crippen molar-refractivity contribution in [2.24, 2.45) is 0 Å². The highest BCUT2D eigenvalue weighted by molar-refractivity contribution is 6.05. The molecular formula is C22H22N2O6. The van der Waals surface area contributed by atoms with Gasteiger partial charge in [-0.3, -0.25) is 9.59 Å². The minimum atomic E-state index is -0.383. The van der Waals surface area contributed by atoms with Crippen molar-refractivity contribution in [2.75, 3.05) is 40.2 Å². The lowest BCUT2D eigenvalue weighted by Gasteiger charge is -2.27. The molecule has 0 aromatic heterocycles. The first-order valence-electron chi connectivity index (χ1n) is 9.58. The van der Waals surface area contributed by atoms with Crippen LogP contribution < -0.4 is 19.5 Å². The third-order valence-electron chi connectivity index (χ3n) is 4.84. The molecule has 0 atom stereocenters. The largest absolute Gasteiger partial charge is 0.497 e. The van der Waals surface area contributed by atoms with Crippen molar-refractivity contribution in [3.05, 3.63) is 59.3 Å². The number of nitrogens with one attached hydrogen (secondary N) is 1. The number of carbonyl (C=O) groups is 2. The molecule has 2 heterocycles. The molecule has 2 aromatic carbocycles. The highest BCUT2D eigenvalue weighted by Crippen LogP contribution is 2.33. The Balaban J connectivity index is 1.60. The van der Waals surface area contributed by atoms with Crippen molar-refractivity contribution in [1.82, 2.24) is 10.2 Å². The Labute approximate surface area is 174 Å². The molecule has 2 aliphatic heterocycles. The molecule has 1 fully saturated rings. The van der Waals surface area contributed by atoms with Gasteiger partial charge in [-0.15, -0.1) is 0 Å². The van der Waals surface area contributed by atoms with Gasteiger partial charge in [-0.05, 0) is 48.0 Å². The molecule has 2 aromatic rings. The number of morpholine rings is 1. The molecular weight excluding hydrogens is 388 g/mol. The highest BCUT2D eigenvalue weighted by Gasteiger charge is 2.23. The number of fused-ring (bicyclic) bond motifs is 1. The van der Waals surface area contributed by atoms with Crippen molar-refractivity contribution >= 4 is 17.9 Å². The van der Waals surface area contributed by atoms with Crippen molar-refractivity contribution in [3.8, 4) is 17.2 Å². The van der Waals surface area contributed by atoms with Crippen molar-refractivity contribution in [2.45, 2.75) is 0 Å². The first-order valence-corrected chi connectivity index (χ1v) is 9.58. The van der Waals surface area contributed by atoms with Crippen molar-refractivity contribution in [3.63, 3.8) is 0 Å². The molecule has 30 heavy (non-hydrogen) atoms. The second-order valence-electron chi connectivity index (χ2n) is 6.76. The Morgan fingerprint density at radius 1 is 1.03 bits per heavy atom. The number of rotatable bonds is 5. The van der Waals surface area contributed by atoms with E-state index in [9.17, 15) is 9.59 Å². The van der Waals surface area contributed by atoms with Crippen LogP contribution in [0.4, 0.5) is 0 Å². The van der Waals surface area contributed by atoms with Gasteiger partial charge in [0.25, 0.3) is 11.8 Å². The molecule has 2 aliphatic rings. The van der Waals surface area contributed by atoms with Crippen molar-refractivity contribution < 1.29 is 28.5 Å². The number of carbonyl (C=O) groups excluding carboxylic acids is 2. The molecule has 0 radical (unpaired) electrons. The van der Waals surface area contributed by atoms with E-state index in [1.165, 1.54) is 0 Å². The average molecular weight is 410 g/mol. The van der Waals surface area contributed by atoms with E-state index < -0.39 is 0 Å². The van der Waals surface area contributed by atoms with Gasteiger partial charge in [-0.25, -0.2) is 0 Å². The minimum absolute atomic E-state index is 0.163. The van der Waals surface area contributed by atoms with E-state index in [2.05, 4.69) is 5.32 Å². The molecule has 8 nitrogen and oxygen atoms in total. The fourth-order valence-corrected chi connectivity index (χ4v) is 3.19. The number of nitrogens with zero attached hydrogens (tertiary/aromatic N) is 1.